The fraction of sp³-hybridized carbons (Fsp3) is 0.500. The van der Waals surface area contributed by atoms with Crippen molar-refractivity contribution in [2.24, 2.45) is 0 Å². The lowest BCUT2D eigenvalue weighted by Crippen LogP contribution is -2.35. The van der Waals surface area contributed by atoms with Crippen LogP contribution in [0.2, 0.25) is 0 Å². The summed E-state index contributed by atoms with van der Waals surface area (Å²) in [6.45, 7) is 6.37. The number of anilines is 2. The van der Waals surface area contributed by atoms with Gasteiger partial charge < -0.3 is 15.0 Å². The number of carbonyl (C=O) groups excluding carboxylic acids is 1. The first-order valence-electron chi connectivity index (χ1n) is 11.0. The molecule has 0 aromatic carbocycles. The molecule has 32 heavy (non-hydrogen) atoms. The van der Waals surface area contributed by atoms with E-state index in [-0.39, 0.29) is 29.5 Å². The first kappa shape index (κ1) is 20.6. The van der Waals surface area contributed by atoms with Crippen LogP contribution in [0.4, 0.5) is 11.4 Å². The van der Waals surface area contributed by atoms with Crippen molar-refractivity contribution in [2.45, 2.75) is 51.2 Å². The molecule has 2 saturated heterocycles. The summed E-state index contributed by atoms with van der Waals surface area (Å²) in [4.78, 5) is 27.7. The second kappa shape index (κ2) is 8.01. The van der Waals surface area contributed by atoms with Crippen LogP contribution in [0.5, 0.6) is 0 Å². The van der Waals surface area contributed by atoms with Crippen molar-refractivity contribution >= 4 is 22.9 Å². The predicted octanol–water partition coefficient (Wildman–Crippen LogP) is 1.81. The lowest BCUT2D eigenvalue weighted by Gasteiger charge is -2.26. The molecule has 2 aliphatic heterocycles. The van der Waals surface area contributed by atoms with E-state index < -0.39 is 0 Å². The summed E-state index contributed by atoms with van der Waals surface area (Å²) in [5, 5.41) is 15.2. The van der Waals surface area contributed by atoms with E-state index in [1.54, 1.807) is 35.1 Å². The number of carbonyl (C=O) groups is 1. The summed E-state index contributed by atoms with van der Waals surface area (Å²) in [5.74, 6) is -0.217. The van der Waals surface area contributed by atoms with E-state index in [1.165, 1.54) is 4.68 Å². The summed E-state index contributed by atoms with van der Waals surface area (Å²) in [7, 11) is 0. The van der Waals surface area contributed by atoms with Gasteiger partial charge in [-0.3, -0.25) is 14.0 Å². The van der Waals surface area contributed by atoms with E-state index in [1.807, 2.05) is 13.8 Å². The van der Waals surface area contributed by atoms with Gasteiger partial charge in [0.2, 0.25) is 5.91 Å². The van der Waals surface area contributed by atoms with E-state index in [0.29, 0.717) is 11.3 Å². The third-order valence-electron chi connectivity index (χ3n) is 6.26. The second-order valence-corrected chi connectivity index (χ2v) is 8.93. The molecule has 10 heteroatoms. The number of hydrogen-bond acceptors (Lipinski definition) is 7. The molecule has 3 aromatic heterocycles. The maximum absolute atomic E-state index is 12.9. The van der Waals surface area contributed by atoms with E-state index in [0.717, 1.165) is 50.3 Å². The van der Waals surface area contributed by atoms with Crippen molar-refractivity contribution in [3.05, 3.63) is 46.8 Å². The Balaban J connectivity index is 1.35. The van der Waals surface area contributed by atoms with E-state index in [4.69, 9.17) is 4.74 Å². The monoisotopic (exact) mass is 437 g/mol. The molecule has 1 atom stereocenters. The summed E-state index contributed by atoms with van der Waals surface area (Å²) < 4.78 is 8.98. The molecule has 1 unspecified atom stereocenters. The zero-order chi connectivity index (χ0) is 22.3. The van der Waals surface area contributed by atoms with Crippen LogP contribution in [0.25, 0.3) is 5.65 Å². The minimum Gasteiger partial charge on any atom is -0.373 e. The highest BCUT2D eigenvalue weighted by atomic mass is 16.5. The van der Waals surface area contributed by atoms with Crippen molar-refractivity contribution in [3.63, 3.8) is 0 Å². The number of pyridine rings is 1. The highest BCUT2D eigenvalue weighted by Gasteiger charge is 2.42. The molecule has 1 spiro atoms. The van der Waals surface area contributed by atoms with E-state index in [9.17, 15) is 9.59 Å². The van der Waals surface area contributed by atoms with Crippen molar-refractivity contribution in [2.75, 3.05) is 29.9 Å². The standard InChI is InChI=1S/C22H27N7O3/c1-15(2)21-17(27-8-7-22(13-27)6-3-9-32-22)10-20(31)29(26-21)12-19(30)24-16-4-5-18-25-23-14-28(18)11-16/h4-5,10-11,14-15H,3,6-9,12-13H2,1-2H3,(H,24,30). The summed E-state index contributed by atoms with van der Waals surface area (Å²) in [6.07, 6.45) is 6.40. The van der Waals surface area contributed by atoms with Crippen LogP contribution >= 0.6 is 0 Å². The number of nitrogens with zero attached hydrogens (tertiary/aromatic N) is 6. The highest BCUT2D eigenvalue weighted by molar-refractivity contribution is 5.90. The maximum atomic E-state index is 12.9. The van der Waals surface area contributed by atoms with Crippen LogP contribution < -0.4 is 15.8 Å². The number of hydrogen-bond donors (Lipinski definition) is 1. The molecule has 0 saturated carbocycles. The quantitative estimate of drug-likeness (QED) is 0.649. The minimum absolute atomic E-state index is 0.0884. The Hall–Kier alpha value is -3.27. The van der Waals surface area contributed by atoms with Crippen LogP contribution in [-0.4, -0.2) is 55.6 Å². The number of nitrogens with one attached hydrogen (secondary N) is 1. The molecule has 5 heterocycles. The topological polar surface area (TPSA) is 107 Å². The lowest BCUT2D eigenvalue weighted by atomic mass is 10.00. The maximum Gasteiger partial charge on any atom is 0.269 e. The summed E-state index contributed by atoms with van der Waals surface area (Å²) in [5.41, 5.74) is 2.57. The third kappa shape index (κ3) is 3.86. The first-order chi connectivity index (χ1) is 15.4. The Kier molecular flexibility index (Phi) is 5.16. The van der Waals surface area contributed by atoms with Crippen LogP contribution in [-0.2, 0) is 16.1 Å². The number of ether oxygens (including phenoxy) is 1. The smallest absolute Gasteiger partial charge is 0.269 e. The van der Waals surface area contributed by atoms with Crippen molar-refractivity contribution < 1.29 is 9.53 Å². The van der Waals surface area contributed by atoms with Gasteiger partial charge in [0.05, 0.1) is 22.7 Å². The molecule has 0 aliphatic carbocycles. The number of amides is 1. The molecule has 2 aliphatic rings. The van der Waals surface area contributed by atoms with Gasteiger partial charge in [-0.25, -0.2) is 4.68 Å². The van der Waals surface area contributed by atoms with Gasteiger partial charge in [-0.15, -0.1) is 10.2 Å². The molecule has 3 aromatic rings. The Morgan fingerprint density at radius 2 is 2.19 bits per heavy atom. The number of aromatic nitrogens is 5. The Morgan fingerprint density at radius 1 is 1.31 bits per heavy atom. The molecular weight excluding hydrogens is 410 g/mol. The lowest BCUT2D eigenvalue weighted by molar-refractivity contribution is -0.117. The Bertz CT molecular complexity index is 1210. The highest BCUT2D eigenvalue weighted by Crippen LogP contribution is 2.38. The van der Waals surface area contributed by atoms with Gasteiger partial charge in [-0.05, 0) is 37.3 Å². The van der Waals surface area contributed by atoms with Gasteiger partial charge >= 0.3 is 0 Å². The van der Waals surface area contributed by atoms with Crippen LogP contribution in [0.15, 0.2) is 35.5 Å². The number of rotatable bonds is 5. The van der Waals surface area contributed by atoms with Crippen LogP contribution in [0.1, 0.15) is 44.7 Å². The molecular formula is C22H27N7O3. The van der Waals surface area contributed by atoms with E-state index >= 15 is 0 Å². The van der Waals surface area contributed by atoms with Gasteiger partial charge in [0.25, 0.3) is 5.56 Å². The van der Waals surface area contributed by atoms with Gasteiger partial charge in [-0.1, -0.05) is 13.8 Å². The largest absolute Gasteiger partial charge is 0.373 e. The van der Waals surface area contributed by atoms with Crippen LogP contribution in [0.3, 0.4) is 0 Å². The normalized spacial score (nSPS) is 20.7. The molecule has 5 rings (SSSR count). The Morgan fingerprint density at radius 3 is 2.97 bits per heavy atom. The Labute approximate surface area is 185 Å². The van der Waals surface area contributed by atoms with Gasteiger partial charge in [0.15, 0.2) is 5.65 Å². The molecule has 10 nitrogen and oxygen atoms in total. The average Bonchev–Trinajstić information content (AvgIpc) is 3.51. The predicted molar refractivity (Wildman–Crippen MR) is 119 cm³/mol. The molecule has 168 valence electrons. The second-order valence-electron chi connectivity index (χ2n) is 8.93. The average molecular weight is 438 g/mol. The fourth-order valence-corrected chi connectivity index (χ4v) is 4.64. The molecule has 0 bridgehead atoms. The van der Waals surface area contributed by atoms with Gasteiger partial charge in [0, 0.05) is 32.0 Å². The molecule has 0 radical (unpaired) electrons. The van der Waals surface area contributed by atoms with Crippen molar-refractivity contribution in [1.82, 2.24) is 24.4 Å². The van der Waals surface area contributed by atoms with Crippen molar-refractivity contribution in [1.29, 1.82) is 0 Å². The van der Waals surface area contributed by atoms with Crippen LogP contribution in [0, 0.1) is 0 Å². The third-order valence-corrected chi connectivity index (χ3v) is 6.26. The fourth-order valence-electron chi connectivity index (χ4n) is 4.64. The zero-order valence-corrected chi connectivity index (χ0v) is 18.3. The van der Waals surface area contributed by atoms with Gasteiger partial charge in [-0.2, -0.15) is 5.10 Å². The number of fused-ring (bicyclic) bond motifs is 1. The SMILES string of the molecule is CC(C)c1nn(CC(=O)Nc2ccc3nncn3c2)c(=O)cc1N1CCC2(CCCO2)C1. The summed E-state index contributed by atoms with van der Waals surface area (Å²) in [6, 6.07) is 5.12. The summed E-state index contributed by atoms with van der Waals surface area (Å²) >= 11 is 0. The molecule has 2 fully saturated rings. The van der Waals surface area contributed by atoms with E-state index in [2.05, 4.69) is 25.5 Å². The van der Waals surface area contributed by atoms with Gasteiger partial charge in [0.1, 0.15) is 12.9 Å². The molecule has 1 amide bonds. The first-order valence-corrected chi connectivity index (χ1v) is 11.0. The minimum atomic E-state index is -0.325. The molecule has 1 N–H and O–H groups in total. The zero-order valence-electron chi connectivity index (χ0n) is 18.3. The van der Waals surface area contributed by atoms with Crippen molar-refractivity contribution in [3.8, 4) is 0 Å².